The molecule has 0 radical (unpaired) electrons. The summed E-state index contributed by atoms with van der Waals surface area (Å²) in [5.41, 5.74) is 1.09. The molecular formula is C25H28FN5O2. The zero-order chi connectivity index (χ0) is 23.0. The van der Waals surface area contributed by atoms with Gasteiger partial charge in [-0.3, -0.25) is 4.99 Å². The number of guanidine groups is 1. The predicted molar refractivity (Wildman–Crippen MR) is 128 cm³/mol. The van der Waals surface area contributed by atoms with Crippen LogP contribution < -0.4 is 25.0 Å². The number of para-hydroxylation sites is 2. The highest BCUT2D eigenvalue weighted by atomic mass is 19.1. The van der Waals surface area contributed by atoms with Crippen LogP contribution in [0.1, 0.15) is 12.0 Å². The largest absolute Gasteiger partial charge is 0.493 e. The number of nitrogens with one attached hydrogen (secondary N) is 2. The minimum Gasteiger partial charge on any atom is -0.493 e. The molecule has 172 valence electrons. The van der Waals surface area contributed by atoms with Gasteiger partial charge in [0.1, 0.15) is 5.75 Å². The summed E-state index contributed by atoms with van der Waals surface area (Å²) >= 11 is 0. The molecule has 0 amide bonds. The van der Waals surface area contributed by atoms with E-state index in [4.69, 9.17) is 9.47 Å². The lowest BCUT2D eigenvalue weighted by atomic mass is 10.2. The van der Waals surface area contributed by atoms with Crippen molar-refractivity contribution < 1.29 is 13.9 Å². The Morgan fingerprint density at radius 3 is 2.64 bits per heavy atom. The molecule has 1 saturated heterocycles. The van der Waals surface area contributed by atoms with E-state index in [9.17, 15) is 4.39 Å². The van der Waals surface area contributed by atoms with Gasteiger partial charge in [0, 0.05) is 38.9 Å². The molecule has 0 spiro atoms. The van der Waals surface area contributed by atoms with E-state index < -0.39 is 0 Å². The van der Waals surface area contributed by atoms with Gasteiger partial charge >= 0.3 is 0 Å². The highest BCUT2D eigenvalue weighted by molar-refractivity contribution is 5.80. The Hall–Kier alpha value is -3.81. The molecule has 33 heavy (non-hydrogen) atoms. The first kappa shape index (κ1) is 22.4. The van der Waals surface area contributed by atoms with Crippen molar-refractivity contribution in [2.75, 3.05) is 32.1 Å². The third-order valence-electron chi connectivity index (χ3n) is 5.47. The second kappa shape index (κ2) is 10.7. The van der Waals surface area contributed by atoms with Gasteiger partial charge in [-0.05, 0) is 48.4 Å². The maximum Gasteiger partial charge on any atom is 0.191 e. The summed E-state index contributed by atoms with van der Waals surface area (Å²) in [4.78, 5) is 10.5. The number of anilines is 1. The van der Waals surface area contributed by atoms with Crippen molar-refractivity contribution in [2.24, 2.45) is 4.99 Å². The molecule has 1 fully saturated rings. The zero-order valence-corrected chi connectivity index (χ0v) is 18.8. The summed E-state index contributed by atoms with van der Waals surface area (Å²) in [5.74, 6) is 2.91. The van der Waals surface area contributed by atoms with Crippen molar-refractivity contribution in [2.45, 2.75) is 19.0 Å². The van der Waals surface area contributed by atoms with Crippen LogP contribution in [0.15, 0.2) is 71.9 Å². The topological polar surface area (TPSA) is 71.0 Å². The summed E-state index contributed by atoms with van der Waals surface area (Å²) in [5, 5.41) is 6.76. The minimum atomic E-state index is -0.293. The Kier molecular flexibility index (Phi) is 7.24. The van der Waals surface area contributed by atoms with Gasteiger partial charge in [0.2, 0.25) is 0 Å². The van der Waals surface area contributed by atoms with Crippen LogP contribution >= 0.6 is 0 Å². The lowest BCUT2D eigenvalue weighted by molar-refractivity contribution is 0.379. The third-order valence-corrected chi connectivity index (χ3v) is 5.47. The summed E-state index contributed by atoms with van der Waals surface area (Å²) in [6.45, 7) is 2.03. The Balaban J connectivity index is 1.28. The number of methoxy groups -OCH3 is 1. The molecule has 1 atom stereocenters. The van der Waals surface area contributed by atoms with Crippen LogP contribution in [0.25, 0.3) is 0 Å². The predicted octanol–water partition coefficient (Wildman–Crippen LogP) is 3.97. The summed E-state index contributed by atoms with van der Waals surface area (Å²) < 4.78 is 25.3. The number of aliphatic imine (C=N–C) groups is 1. The molecule has 2 N–H and O–H groups in total. The highest BCUT2D eigenvalue weighted by Crippen LogP contribution is 2.30. The smallest absolute Gasteiger partial charge is 0.191 e. The van der Waals surface area contributed by atoms with Gasteiger partial charge in [-0.1, -0.05) is 24.3 Å². The van der Waals surface area contributed by atoms with Crippen molar-refractivity contribution in [1.29, 1.82) is 0 Å². The van der Waals surface area contributed by atoms with Crippen molar-refractivity contribution in [1.82, 2.24) is 15.6 Å². The SMILES string of the molecule is CN=C(NCc1ccc(Oc2ccccc2OC)cc1)NC1CCN(c2ncccc2F)C1. The number of hydrogen-bond donors (Lipinski definition) is 2. The van der Waals surface area contributed by atoms with Gasteiger partial charge in [0.15, 0.2) is 29.1 Å². The minimum absolute atomic E-state index is 0.161. The van der Waals surface area contributed by atoms with Gasteiger partial charge in [0.25, 0.3) is 0 Å². The molecule has 8 heteroatoms. The summed E-state index contributed by atoms with van der Waals surface area (Å²) in [6, 6.07) is 18.6. The second-order valence-corrected chi connectivity index (χ2v) is 7.71. The first-order valence-corrected chi connectivity index (χ1v) is 10.9. The van der Waals surface area contributed by atoms with Gasteiger partial charge in [-0.15, -0.1) is 0 Å². The molecule has 1 aliphatic heterocycles. The second-order valence-electron chi connectivity index (χ2n) is 7.71. The molecule has 4 rings (SSSR count). The van der Waals surface area contributed by atoms with E-state index in [1.54, 1.807) is 26.4 Å². The number of benzene rings is 2. The Morgan fingerprint density at radius 2 is 1.91 bits per heavy atom. The quantitative estimate of drug-likeness (QED) is 0.420. The third kappa shape index (κ3) is 5.71. The van der Waals surface area contributed by atoms with Gasteiger partial charge in [-0.2, -0.15) is 0 Å². The number of nitrogens with zero attached hydrogens (tertiary/aromatic N) is 3. The molecule has 2 heterocycles. The van der Waals surface area contributed by atoms with E-state index in [0.717, 1.165) is 24.3 Å². The lowest BCUT2D eigenvalue weighted by Gasteiger charge is -2.20. The number of ether oxygens (including phenoxy) is 2. The average Bonchev–Trinajstić information content (AvgIpc) is 3.31. The van der Waals surface area contributed by atoms with Gasteiger partial charge < -0.3 is 25.0 Å². The first-order valence-electron chi connectivity index (χ1n) is 10.9. The summed E-state index contributed by atoms with van der Waals surface area (Å²) in [7, 11) is 3.36. The molecule has 1 aromatic heterocycles. The lowest BCUT2D eigenvalue weighted by Crippen LogP contribution is -2.44. The normalized spacial score (nSPS) is 15.9. The van der Waals surface area contributed by atoms with Crippen molar-refractivity contribution in [3.05, 3.63) is 78.2 Å². The van der Waals surface area contributed by atoms with E-state index >= 15 is 0 Å². The van der Waals surface area contributed by atoms with E-state index in [2.05, 4.69) is 20.6 Å². The van der Waals surface area contributed by atoms with Crippen molar-refractivity contribution in [3.63, 3.8) is 0 Å². The zero-order valence-electron chi connectivity index (χ0n) is 18.8. The highest BCUT2D eigenvalue weighted by Gasteiger charge is 2.25. The number of hydrogen-bond acceptors (Lipinski definition) is 5. The standard InChI is InChI=1S/C25H28FN5O2/c1-27-25(30-19-13-15-31(17-19)24-21(26)6-5-14-28-24)29-16-18-9-11-20(12-10-18)33-23-8-4-3-7-22(23)32-2/h3-12,14,19H,13,15-17H2,1-2H3,(H2,27,29,30). The van der Waals surface area contributed by atoms with Crippen LogP contribution in [-0.2, 0) is 6.54 Å². The van der Waals surface area contributed by atoms with Crippen LogP contribution in [0.5, 0.6) is 17.2 Å². The molecule has 3 aromatic rings. The monoisotopic (exact) mass is 449 g/mol. The Labute approximate surface area is 193 Å². The fourth-order valence-electron chi connectivity index (χ4n) is 3.76. The van der Waals surface area contributed by atoms with Gasteiger partial charge in [0.05, 0.1) is 7.11 Å². The maximum absolute atomic E-state index is 14.0. The first-order chi connectivity index (χ1) is 16.2. The van der Waals surface area contributed by atoms with Gasteiger partial charge in [-0.25, -0.2) is 9.37 Å². The average molecular weight is 450 g/mol. The fraction of sp³-hybridized carbons (Fsp3) is 0.280. The fourth-order valence-corrected chi connectivity index (χ4v) is 3.76. The van der Waals surface area contributed by atoms with E-state index in [0.29, 0.717) is 36.4 Å². The number of rotatable bonds is 7. The Bertz CT molecular complexity index is 1090. The number of aromatic nitrogens is 1. The van der Waals surface area contributed by atoms with Crippen molar-refractivity contribution >= 4 is 11.8 Å². The molecular weight excluding hydrogens is 421 g/mol. The van der Waals surface area contributed by atoms with E-state index in [1.165, 1.54) is 6.07 Å². The van der Waals surface area contributed by atoms with E-state index in [-0.39, 0.29) is 11.9 Å². The molecule has 1 unspecified atom stereocenters. The van der Waals surface area contributed by atoms with Crippen LogP contribution in [0.3, 0.4) is 0 Å². The summed E-state index contributed by atoms with van der Waals surface area (Å²) in [6.07, 6.45) is 2.50. The number of pyridine rings is 1. The molecule has 0 aliphatic carbocycles. The molecule has 1 aliphatic rings. The van der Waals surface area contributed by atoms with E-state index in [1.807, 2.05) is 53.4 Å². The van der Waals surface area contributed by atoms with Crippen LogP contribution in [0.2, 0.25) is 0 Å². The van der Waals surface area contributed by atoms with Crippen LogP contribution in [0, 0.1) is 5.82 Å². The molecule has 0 saturated carbocycles. The van der Waals surface area contributed by atoms with Crippen LogP contribution in [-0.4, -0.2) is 44.2 Å². The maximum atomic E-state index is 14.0. The molecule has 0 bridgehead atoms. The molecule has 2 aromatic carbocycles. The number of halogens is 1. The van der Waals surface area contributed by atoms with Crippen LogP contribution in [0.4, 0.5) is 10.2 Å². The van der Waals surface area contributed by atoms with Crippen molar-refractivity contribution in [3.8, 4) is 17.2 Å². The Morgan fingerprint density at radius 1 is 1.12 bits per heavy atom. The molecule has 7 nitrogen and oxygen atoms in total.